The lowest BCUT2D eigenvalue weighted by molar-refractivity contribution is 0.0950. The largest absolute Gasteiger partial charge is 0.351 e. The molecule has 0 unspecified atom stereocenters. The van der Waals surface area contributed by atoms with Crippen LogP contribution in [-0.2, 0) is 13.1 Å². The highest BCUT2D eigenvalue weighted by atomic mass is 16.2. The number of carbonyl (C=O) groups excluding carboxylic acids is 2. The molecule has 3 heterocycles. The summed E-state index contributed by atoms with van der Waals surface area (Å²) in [4.78, 5) is 32.4. The van der Waals surface area contributed by atoms with Crippen molar-refractivity contribution >= 4 is 39.7 Å². The third-order valence-electron chi connectivity index (χ3n) is 6.11. The molecule has 0 bridgehead atoms. The second-order valence-electron chi connectivity index (χ2n) is 8.75. The molecular formula is C25H28N6O2. The summed E-state index contributed by atoms with van der Waals surface area (Å²) in [7, 11) is 4.10. The van der Waals surface area contributed by atoms with Gasteiger partial charge in [-0.25, -0.2) is 4.98 Å². The number of rotatable bonds is 6. The van der Waals surface area contributed by atoms with Crippen molar-refractivity contribution in [1.82, 2.24) is 24.3 Å². The van der Waals surface area contributed by atoms with Gasteiger partial charge in [-0.1, -0.05) is 18.2 Å². The van der Waals surface area contributed by atoms with E-state index in [2.05, 4.69) is 39.2 Å². The summed E-state index contributed by atoms with van der Waals surface area (Å²) in [6.45, 7) is 3.11. The van der Waals surface area contributed by atoms with Crippen LogP contribution in [0, 0.1) is 0 Å². The van der Waals surface area contributed by atoms with Gasteiger partial charge in [0.15, 0.2) is 0 Å². The average Bonchev–Trinajstić information content (AvgIpc) is 3.28. The van der Waals surface area contributed by atoms with Crippen molar-refractivity contribution in [3.63, 3.8) is 0 Å². The van der Waals surface area contributed by atoms with Crippen LogP contribution in [0.3, 0.4) is 0 Å². The zero-order valence-corrected chi connectivity index (χ0v) is 19.0. The fourth-order valence-electron chi connectivity index (χ4n) is 4.47. The van der Waals surface area contributed by atoms with Crippen LogP contribution in [0.1, 0.15) is 33.7 Å². The smallest absolute Gasteiger partial charge is 0.267 e. The number of benzene rings is 2. The van der Waals surface area contributed by atoms with E-state index in [9.17, 15) is 9.59 Å². The highest BCUT2D eigenvalue weighted by Gasteiger charge is 2.20. The van der Waals surface area contributed by atoms with Gasteiger partial charge < -0.3 is 19.4 Å². The second kappa shape index (κ2) is 8.71. The van der Waals surface area contributed by atoms with Crippen LogP contribution in [0.25, 0.3) is 21.9 Å². The number of hydrogen-bond acceptors (Lipinski definition) is 4. The first-order chi connectivity index (χ1) is 16.0. The SMILES string of the molecule is CN(C)CCCn1c(NC(=O)c2ccc3cc4n(c3c2)CCCNC4=O)nc2ccccc21. The third-order valence-corrected chi connectivity index (χ3v) is 6.11. The molecule has 170 valence electrons. The summed E-state index contributed by atoms with van der Waals surface area (Å²) in [5, 5.41) is 6.90. The Hall–Kier alpha value is -3.65. The van der Waals surface area contributed by atoms with E-state index in [1.165, 1.54) is 0 Å². The summed E-state index contributed by atoms with van der Waals surface area (Å²) >= 11 is 0. The molecule has 0 radical (unpaired) electrons. The Morgan fingerprint density at radius 3 is 2.85 bits per heavy atom. The van der Waals surface area contributed by atoms with E-state index in [4.69, 9.17) is 0 Å². The summed E-state index contributed by atoms with van der Waals surface area (Å²) in [5.41, 5.74) is 3.94. The van der Waals surface area contributed by atoms with Gasteiger partial charge >= 0.3 is 0 Å². The Balaban J connectivity index is 1.46. The maximum absolute atomic E-state index is 13.2. The van der Waals surface area contributed by atoms with Crippen molar-refractivity contribution in [2.45, 2.75) is 25.9 Å². The van der Waals surface area contributed by atoms with E-state index in [0.29, 0.717) is 23.8 Å². The van der Waals surface area contributed by atoms with Gasteiger partial charge in [0.05, 0.1) is 11.0 Å². The molecule has 1 aliphatic rings. The van der Waals surface area contributed by atoms with E-state index in [-0.39, 0.29) is 11.8 Å². The first-order valence-corrected chi connectivity index (χ1v) is 11.3. The highest BCUT2D eigenvalue weighted by Crippen LogP contribution is 2.25. The minimum absolute atomic E-state index is 0.0684. The molecule has 2 amide bonds. The molecule has 8 heteroatoms. The molecular weight excluding hydrogens is 416 g/mol. The summed E-state index contributed by atoms with van der Waals surface area (Å²) in [5.74, 6) is 0.268. The van der Waals surface area contributed by atoms with Crippen LogP contribution in [-0.4, -0.2) is 58.0 Å². The Morgan fingerprint density at radius 2 is 2.00 bits per heavy atom. The number of nitrogens with zero attached hydrogens (tertiary/aromatic N) is 4. The molecule has 0 fully saturated rings. The van der Waals surface area contributed by atoms with Gasteiger partial charge in [-0.15, -0.1) is 0 Å². The lowest BCUT2D eigenvalue weighted by Gasteiger charge is -2.13. The molecule has 33 heavy (non-hydrogen) atoms. The van der Waals surface area contributed by atoms with Crippen LogP contribution in [0.15, 0.2) is 48.5 Å². The number of hydrogen-bond donors (Lipinski definition) is 2. The van der Waals surface area contributed by atoms with Gasteiger partial charge in [0.25, 0.3) is 11.8 Å². The van der Waals surface area contributed by atoms with Gasteiger partial charge in [-0.3, -0.25) is 14.9 Å². The quantitative estimate of drug-likeness (QED) is 0.478. The number of para-hydroxylation sites is 2. The van der Waals surface area contributed by atoms with Gasteiger partial charge in [-0.2, -0.15) is 0 Å². The Bertz CT molecular complexity index is 1350. The molecule has 2 aromatic carbocycles. The van der Waals surface area contributed by atoms with Crippen molar-refractivity contribution in [1.29, 1.82) is 0 Å². The van der Waals surface area contributed by atoms with Crippen molar-refractivity contribution in [2.75, 3.05) is 32.5 Å². The molecule has 8 nitrogen and oxygen atoms in total. The molecule has 0 spiro atoms. The summed E-state index contributed by atoms with van der Waals surface area (Å²) in [6.07, 6.45) is 1.80. The minimum atomic E-state index is -0.213. The van der Waals surface area contributed by atoms with E-state index in [1.807, 2.05) is 47.0 Å². The zero-order chi connectivity index (χ0) is 22.9. The van der Waals surface area contributed by atoms with E-state index in [0.717, 1.165) is 54.4 Å². The highest BCUT2D eigenvalue weighted by molar-refractivity contribution is 6.07. The Labute approximate surface area is 192 Å². The maximum Gasteiger partial charge on any atom is 0.267 e. The van der Waals surface area contributed by atoms with Crippen LogP contribution >= 0.6 is 0 Å². The van der Waals surface area contributed by atoms with Crippen LogP contribution < -0.4 is 10.6 Å². The second-order valence-corrected chi connectivity index (χ2v) is 8.75. The number of fused-ring (bicyclic) bond motifs is 4. The predicted octanol–water partition coefficient (Wildman–Crippen LogP) is 3.33. The number of anilines is 1. The monoisotopic (exact) mass is 444 g/mol. The fraction of sp³-hybridized carbons (Fsp3) is 0.320. The lowest BCUT2D eigenvalue weighted by Crippen LogP contribution is -2.22. The molecule has 0 aliphatic carbocycles. The number of aromatic nitrogens is 3. The van der Waals surface area contributed by atoms with Gasteiger partial charge in [-0.05, 0) is 63.8 Å². The van der Waals surface area contributed by atoms with Gasteiger partial charge in [0, 0.05) is 36.1 Å². The van der Waals surface area contributed by atoms with Crippen molar-refractivity contribution in [2.24, 2.45) is 0 Å². The first kappa shape index (κ1) is 21.2. The number of aryl methyl sites for hydroxylation is 2. The summed E-state index contributed by atoms with van der Waals surface area (Å²) < 4.78 is 4.08. The molecule has 4 aromatic rings. The molecule has 0 saturated heterocycles. The molecule has 1 aliphatic heterocycles. The Morgan fingerprint density at radius 1 is 1.15 bits per heavy atom. The maximum atomic E-state index is 13.2. The van der Waals surface area contributed by atoms with Crippen molar-refractivity contribution in [3.05, 3.63) is 59.8 Å². The molecule has 2 aromatic heterocycles. The van der Waals surface area contributed by atoms with E-state index in [1.54, 1.807) is 6.07 Å². The van der Waals surface area contributed by atoms with Crippen LogP contribution in [0.2, 0.25) is 0 Å². The standard InChI is InChI=1S/C25H28N6O2/c1-29(2)12-6-14-31-20-8-4-3-7-19(20)27-25(31)28-23(32)18-10-9-17-15-22-24(33)26-11-5-13-30(22)21(17)16-18/h3-4,7-10,15-16H,5-6,11-14H2,1-2H3,(H,26,33)(H,27,28,32). The number of imidazole rings is 1. The van der Waals surface area contributed by atoms with Crippen molar-refractivity contribution in [3.8, 4) is 0 Å². The van der Waals surface area contributed by atoms with Crippen molar-refractivity contribution < 1.29 is 9.59 Å². The molecule has 0 atom stereocenters. The van der Waals surface area contributed by atoms with Crippen LogP contribution in [0.4, 0.5) is 5.95 Å². The normalized spacial score (nSPS) is 13.8. The van der Waals surface area contributed by atoms with E-state index >= 15 is 0 Å². The lowest BCUT2D eigenvalue weighted by atomic mass is 10.1. The predicted molar refractivity (Wildman–Crippen MR) is 130 cm³/mol. The summed E-state index contributed by atoms with van der Waals surface area (Å²) in [6, 6.07) is 15.4. The van der Waals surface area contributed by atoms with E-state index < -0.39 is 0 Å². The number of amides is 2. The third kappa shape index (κ3) is 4.09. The minimum Gasteiger partial charge on any atom is -0.351 e. The molecule has 5 rings (SSSR count). The topological polar surface area (TPSA) is 84.2 Å². The van der Waals surface area contributed by atoms with Crippen LogP contribution in [0.5, 0.6) is 0 Å². The first-order valence-electron chi connectivity index (χ1n) is 11.3. The average molecular weight is 445 g/mol. The fourth-order valence-corrected chi connectivity index (χ4v) is 4.47. The molecule has 0 saturated carbocycles. The number of nitrogens with one attached hydrogen (secondary N) is 2. The Kier molecular flexibility index (Phi) is 5.60. The van der Waals surface area contributed by atoms with Gasteiger partial charge in [0.1, 0.15) is 5.69 Å². The number of carbonyl (C=O) groups is 2. The molecule has 2 N–H and O–H groups in total. The zero-order valence-electron chi connectivity index (χ0n) is 19.0. The van der Waals surface area contributed by atoms with Gasteiger partial charge in [0.2, 0.25) is 5.95 Å².